The summed E-state index contributed by atoms with van der Waals surface area (Å²) in [4.78, 5) is 32.6. The maximum Gasteiger partial charge on any atom is 0.263 e. The van der Waals surface area contributed by atoms with E-state index in [1.165, 1.54) is 23.7 Å². The molecule has 1 saturated carbocycles. The number of hydrogen-bond acceptors (Lipinski definition) is 4. The number of nitrogens with zero attached hydrogens (tertiary/aromatic N) is 2. The van der Waals surface area contributed by atoms with E-state index in [2.05, 4.69) is 18.2 Å². The molecular weight excluding hydrogens is 464 g/mol. The predicted molar refractivity (Wildman–Crippen MR) is 145 cm³/mol. The average molecular weight is 493 g/mol. The van der Waals surface area contributed by atoms with Crippen LogP contribution < -0.4 is 5.56 Å². The minimum Gasteiger partial charge on any atom is -0.293 e. The summed E-state index contributed by atoms with van der Waals surface area (Å²) in [6, 6.07) is 27.4. The standard InChI is InChI=1S/C31H28N2O2S/c34-26(22-12-4-1-5-13-22)21-36-30-32-28-25-17-9-8-14-23(25)20-31(18-10-3-11-19-31)27(28)29(35)33(30)24-15-6-2-7-16-24/h1-2,4-9,12-17H,3,10-11,18-21H2. The van der Waals surface area contributed by atoms with Gasteiger partial charge >= 0.3 is 0 Å². The second-order valence-electron chi connectivity index (χ2n) is 9.85. The molecule has 1 spiro atoms. The summed E-state index contributed by atoms with van der Waals surface area (Å²) in [5.41, 5.74) is 5.29. The molecule has 2 aliphatic carbocycles. The molecule has 5 heteroatoms. The molecule has 1 heterocycles. The molecule has 4 nitrogen and oxygen atoms in total. The van der Waals surface area contributed by atoms with Crippen LogP contribution in [-0.2, 0) is 11.8 Å². The molecule has 1 aromatic heterocycles. The van der Waals surface area contributed by atoms with Gasteiger partial charge in [0, 0.05) is 16.5 Å². The fourth-order valence-electron chi connectivity index (χ4n) is 5.93. The van der Waals surface area contributed by atoms with Crippen molar-refractivity contribution in [3.63, 3.8) is 0 Å². The van der Waals surface area contributed by atoms with Gasteiger partial charge in [-0.05, 0) is 37.0 Å². The number of thioether (sulfide) groups is 1. The smallest absolute Gasteiger partial charge is 0.263 e. The topological polar surface area (TPSA) is 52.0 Å². The molecule has 3 aromatic carbocycles. The highest BCUT2D eigenvalue weighted by molar-refractivity contribution is 7.99. The van der Waals surface area contributed by atoms with Crippen LogP contribution in [-0.4, -0.2) is 21.1 Å². The highest BCUT2D eigenvalue weighted by atomic mass is 32.2. The second-order valence-corrected chi connectivity index (χ2v) is 10.8. The number of fused-ring (bicyclic) bond motifs is 4. The number of ketones is 1. The van der Waals surface area contributed by atoms with Crippen molar-refractivity contribution in [2.24, 2.45) is 0 Å². The van der Waals surface area contributed by atoms with Crippen molar-refractivity contribution in [2.75, 3.05) is 5.75 Å². The summed E-state index contributed by atoms with van der Waals surface area (Å²) >= 11 is 1.34. The lowest BCUT2D eigenvalue weighted by Crippen LogP contribution is -2.42. The first-order valence-corrected chi connectivity index (χ1v) is 13.7. The van der Waals surface area contributed by atoms with Crippen molar-refractivity contribution in [3.8, 4) is 16.9 Å². The van der Waals surface area contributed by atoms with E-state index in [1.807, 2.05) is 66.7 Å². The highest BCUT2D eigenvalue weighted by Gasteiger charge is 2.43. The first kappa shape index (κ1) is 23.0. The van der Waals surface area contributed by atoms with E-state index >= 15 is 0 Å². The number of carbonyl (C=O) groups is 1. The fourth-order valence-corrected chi connectivity index (χ4v) is 6.83. The maximum atomic E-state index is 14.5. The van der Waals surface area contributed by atoms with Crippen LogP contribution in [0.3, 0.4) is 0 Å². The van der Waals surface area contributed by atoms with Gasteiger partial charge in [0.15, 0.2) is 10.9 Å². The largest absolute Gasteiger partial charge is 0.293 e. The van der Waals surface area contributed by atoms with E-state index < -0.39 is 0 Å². The molecule has 4 aromatic rings. The van der Waals surface area contributed by atoms with Crippen molar-refractivity contribution < 1.29 is 4.79 Å². The summed E-state index contributed by atoms with van der Waals surface area (Å²) in [6.45, 7) is 0. The normalized spacial score (nSPS) is 15.8. The molecule has 0 unspecified atom stereocenters. The number of Topliss-reactive ketones (excluding diaryl/α,β-unsaturated/α-hetero) is 1. The van der Waals surface area contributed by atoms with Crippen LogP contribution in [0.1, 0.15) is 53.6 Å². The number of para-hydroxylation sites is 1. The van der Waals surface area contributed by atoms with Crippen molar-refractivity contribution >= 4 is 17.5 Å². The van der Waals surface area contributed by atoms with E-state index in [4.69, 9.17) is 4.98 Å². The van der Waals surface area contributed by atoms with Crippen molar-refractivity contribution in [3.05, 3.63) is 112 Å². The van der Waals surface area contributed by atoms with E-state index in [9.17, 15) is 9.59 Å². The highest BCUT2D eigenvalue weighted by Crippen LogP contribution is 2.49. The lowest BCUT2D eigenvalue weighted by Gasteiger charge is -2.42. The molecule has 0 N–H and O–H groups in total. The second kappa shape index (κ2) is 9.55. The minimum absolute atomic E-state index is 0.0114. The SMILES string of the molecule is O=C(CSc1nc2c(c(=O)n1-c1ccccc1)C1(CCCCC1)Cc1ccccc1-2)c1ccccc1. The van der Waals surface area contributed by atoms with Crippen LogP contribution in [0.5, 0.6) is 0 Å². The fraction of sp³-hybridized carbons (Fsp3) is 0.258. The quantitative estimate of drug-likeness (QED) is 0.178. The molecule has 0 atom stereocenters. The Morgan fingerprint density at radius 2 is 1.53 bits per heavy atom. The Kier molecular flexibility index (Phi) is 6.10. The lowest BCUT2D eigenvalue weighted by atomic mass is 9.62. The van der Waals surface area contributed by atoms with Crippen molar-refractivity contribution in [2.45, 2.75) is 49.1 Å². The maximum absolute atomic E-state index is 14.5. The third-order valence-electron chi connectivity index (χ3n) is 7.64. The van der Waals surface area contributed by atoms with Gasteiger partial charge in [0.1, 0.15) is 0 Å². The van der Waals surface area contributed by atoms with Gasteiger partial charge in [0.2, 0.25) is 0 Å². The third-order valence-corrected chi connectivity index (χ3v) is 8.58. The van der Waals surface area contributed by atoms with E-state index in [1.54, 1.807) is 4.57 Å². The van der Waals surface area contributed by atoms with Gasteiger partial charge in [-0.2, -0.15) is 0 Å². The Balaban J connectivity index is 1.53. The number of aromatic nitrogens is 2. The Morgan fingerprint density at radius 3 is 2.28 bits per heavy atom. The summed E-state index contributed by atoms with van der Waals surface area (Å²) in [6.07, 6.45) is 6.40. The summed E-state index contributed by atoms with van der Waals surface area (Å²) in [7, 11) is 0. The van der Waals surface area contributed by atoms with E-state index in [0.29, 0.717) is 10.7 Å². The molecule has 0 aliphatic heterocycles. The van der Waals surface area contributed by atoms with Crippen molar-refractivity contribution in [1.82, 2.24) is 9.55 Å². The molecular formula is C31H28N2O2S. The average Bonchev–Trinajstić information content (AvgIpc) is 2.93. The molecule has 180 valence electrons. The van der Waals surface area contributed by atoms with Crippen LogP contribution in [0, 0.1) is 0 Å². The van der Waals surface area contributed by atoms with Crippen molar-refractivity contribution in [1.29, 1.82) is 0 Å². The van der Waals surface area contributed by atoms with Gasteiger partial charge < -0.3 is 0 Å². The van der Waals surface area contributed by atoms with Crippen LogP contribution in [0.25, 0.3) is 16.9 Å². The Bertz CT molecular complexity index is 1470. The summed E-state index contributed by atoms with van der Waals surface area (Å²) in [5, 5.41) is 0.567. The van der Waals surface area contributed by atoms with Gasteiger partial charge in [-0.1, -0.05) is 104 Å². The van der Waals surface area contributed by atoms with Gasteiger partial charge in [-0.3, -0.25) is 14.2 Å². The Hall–Kier alpha value is -3.44. The molecule has 0 amide bonds. The van der Waals surface area contributed by atoms with E-state index in [0.717, 1.165) is 54.6 Å². The van der Waals surface area contributed by atoms with E-state index in [-0.39, 0.29) is 22.5 Å². The summed E-state index contributed by atoms with van der Waals surface area (Å²) in [5.74, 6) is 0.242. The number of rotatable bonds is 5. The molecule has 0 radical (unpaired) electrons. The Morgan fingerprint density at radius 1 is 0.861 bits per heavy atom. The van der Waals surface area contributed by atoms with Gasteiger partial charge in [-0.15, -0.1) is 0 Å². The van der Waals surface area contributed by atoms with Gasteiger partial charge in [0.25, 0.3) is 5.56 Å². The zero-order valence-electron chi connectivity index (χ0n) is 20.2. The van der Waals surface area contributed by atoms with Gasteiger partial charge in [0.05, 0.1) is 22.7 Å². The zero-order chi connectivity index (χ0) is 24.5. The van der Waals surface area contributed by atoms with Gasteiger partial charge in [-0.25, -0.2) is 4.98 Å². The molecule has 1 fully saturated rings. The molecule has 0 saturated heterocycles. The van der Waals surface area contributed by atoms with Crippen LogP contribution in [0.15, 0.2) is 94.9 Å². The third kappa shape index (κ3) is 4.01. The first-order valence-electron chi connectivity index (χ1n) is 12.7. The first-order chi connectivity index (χ1) is 17.7. The summed E-state index contributed by atoms with van der Waals surface area (Å²) < 4.78 is 1.74. The molecule has 2 aliphatic rings. The minimum atomic E-state index is -0.175. The number of benzene rings is 3. The Labute approximate surface area is 215 Å². The molecule has 0 bridgehead atoms. The van der Waals surface area contributed by atoms with Crippen LogP contribution in [0.2, 0.25) is 0 Å². The predicted octanol–water partition coefficient (Wildman–Crippen LogP) is 6.63. The number of carbonyl (C=O) groups excluding carboxylic acids is 1. The van der Waals surface area contributed by atoms with Crippen LogP contribution >= 0.6 is 11.8 Å². The monoisotopic (exact) mass is 492 g/mol. The zero-order valence-corrected chi connectivity index (χ0v) is 21.0. The lowest BCUT2D eigenvalue weighted by molar-refractivity contribution is 0.102. The van der Waals surface area contributed by atoms with Crippen LogP contribution in [0.4, 0.5) is 0 Å². The molecule has 36 heavy (non-hydrogen) atoms. The molecule has 6 rings (SSSR count). The number of hydrogen-bond donors (Lipinski definition) is 0.